The molecule has 1 saturated heterocycles. The fourth-order valence-electron chi connectivity index (χ4n) is 3.69. The molecule has 0 bridgehead atoms. The standard InChI is InChI=1S/C16H20N2O3/c19-15(12-7-8-13(16(20)21)17-10-12)18-9-3-6-14(18)11-4-1-2-5-11/h7-8,10-11,14H,1-6,9H2,(H,20,21)/t14-/m0/s1. The summed E-state index contributed by atoms with van der Waals surface area (Å²) in [6.45, 7) is 0.806. The Bertz CT molecular complexity index is 535. The van der Waals surface area contributed by atoms with Gasteiger partial charge in [0.1, 0.15) is 5.69 Å². The Morgan fingerprint density at radius 3 is 2.52 bits per heavy atom. The van der Waals surface area contributed by atoms with Gasteiger partial charge >= 0.3 is 5.97 Å². The largest absolute Gasteiger partial charge is 0.477 e. The van der Waals surface area contributed by atoms with E-state index in [1.807, 2.05) is 4.90 Å². The minimum atomic E-state index is -1.07. The van der Waals surface area contributed by atoms with Crippen LogP contribution in [-0.2, 0) is 0 Å². The highest BCUT2D eigenvalue weighted by atomic mass is 16.4. The first-order valence-corrected chi connectivity index (χ1v) is 7.67. The van der Waals surface area contributed by atoms with Gasteiger partial charge in [-0.2, -0.15) is 0 Å². The summed E-state index contributed by atoms with van der Waals surface area (Å²) in [6, 6.07) is 3.33. The zero-order chi connectivity index (χ0) is 14.8. The number of hydrogen-bond donors (Lipinski definition) is 1. The Kier molecular flexibility index (Phi) is 3.90. The van der Waals surface area contributed by atoms with E-state index >= 15 is 0 Å². The quantitative estimate of drug-likeness (QED) is 0.928. The fourth-order valence-corrected chi connectivity index (χ4v) is 3.69. The van der Waals surface area contributed by atoms with Crippen LogP contribution in [0.2, 0.25) is 0 Å². The van der Waals surface area contributed by atoms with E-state index in [1.165, 1.54) is 37.9 Å². The van der Waals surface area contributed by atoms with Gasteiger partial charge < -0.3 is 10.0 Å². The van der Waals surface area contributed by atoms with Crippen LogP contribution in [0.5, 0.6) is 0 Å². The Morgan fingerprint density at radius 1 is 1.14 bits per heavy atom. The second-order valence-electron chi connectivity index (χ2n) is 5.99. The lowest BCUT2D eigenvalue weighted by Crippen LogP contribution is -2.39. The number of pyridine rings is 1. The summed E-state index contributed by atoms with van der Waals surface area (Å²) in [4.78, 5) is 29.3. The number of carbonyl (C=O) groups is 2. The number of carboxylic acids is 1. The molecule has 1 amide bonds. The summed E-state index contributed by atoms with van der Waals surface area (Å²) < 4.78 is 0. The van der Waals surface area contributed by atoms with E-state index in [1.54, 1.807) is 6.07 Å². The van der Waals surface area contributed by atoms with Gasteiger partial charge in [-0.05, 0) is 43.7 Å². The summed E-state index contributed by atoms with van der Waals surface area (Å²) in [6.07, 6.45) is 8.55. The van der Waals surface area contributed by atoms with Crippen molar-refractivity contribution in [1.29, 1.82) is 0 Å². The summed E-state index contributed by atoms with van der Waals surface area (Å²) in [5.41, 5.74) is 0.463. The van der Waals surface area contributed by atoms with Gasteiger partial charge in [-0.3, -0.25) is 4.79 Å². The van der Waals surface area contributed by atoms with E-state index in [4.69, 9.17) is 5.11 Å². The number of aromatic carboxylic acids is 1. The molecule has 0 unspecified atom stereocenters. The molecule has 3 rings (SSSR count). The molecule has 1 aliphatic heterocycles. The lowest BCUT2D eigenvalue weighted by Gasteiger charge is -2.29. The maximum absolute atomic E-state index is 12.6. The number of likely N-dealkylation sites (tertiary alicyclic amines) is 1. The van der Waals surface area contributed by atoms with Crippen molar-refractivity contribution in [2.75, 3.05) is 6.54 Å². The smallest absolute Gasteiger partial charge is 0.354 e. The molecule has 5 nitrogen and oxygen atoms in total. The average Bonchev–Trinajstić information content (AvgIpc) is 3.17. The van der Waals surface area contributed by atoms with E-state index in [0.717, 1.165) is 19.4 Å². The van der Waals surface area contributed by atoms with E-state index in [2.05, 4.69) is 4.98 Å². The van der Waals surface area contributed by atoms with Gasteiger partial charge in [-0.25, -0.2) is 9.78 Å². The van der Waals surface area contributed by atoms with Crippen molar-refractivity contribution in [3.8, 4) is 0 Å². The van der Waals surface area contributed by atoms with Gasteiger partial charge in [0, 0.05) is 18.8 Å². The predicted octanol–water partition coefficient (Wildman–Crippen LogP) is 2.57. The highest BCUT2D eigenvalue weighted by Gasteiger charge is 2.36. The first kappa shape index (κ1) is 14.0. The van der Waals surface area contributed by atoms with Crippen LogP contribution in [0.4, 0.5) is 0 Å². The Labute approximate surface area is 124 Å². The molecule has 0 radical (unpaired) electrons. The van der Waals surface area contributed by atoms with Crippen LogP contribution < -0.4 is 0 Å². The first-order valence-electron chi connectivity index (χ1n) is 7.67. The number of carboxylic acid groups (broad SMARTS) is 1. The van der Waals surface area contributed by atoms with Gasteiger partial charge in [-0.1, -0.05) is 12.8 Å². The molecule has 1 N–H and O–H groups in total. The second-order valence-corrected chi connectivity index (χ2v) is 5.99. The summed E-state index contributed by atoms with van der Waals surface area (Å²) in [7, 11) is 0. The van der Waals surface area contributed by atoms with Crippen LogP contribution >= 0.6 is 0 Å². The summed E-state index contributed by atoms with van der Waals surface area (Å²) >= 11 is 0. The molecule has 1 aliphatic carbocycles. The van der Waals surface area contributed by atoms with Crippen molar-refractivity contribution >= 4 is 11.9 Å². The molecule has 21 heavy (non-hydrogen) atoms. The van der Waals surface area contributed by atoms with E-state index in [9.17, 15) is 9.59 Å². The second kappa shape index (κ2) is 5.84. The predicted molar refractivity (Wildman–Crippen MR) is 77.2 cm³/mol. The van der Waals surface area contributed by atoms with Crippen molar-refractivity contribution in [2.45, 2.75) is 44.6 Å². The Morgan fingerprint density at radius 2 is 1.90 bits per heavy atom. The lowest BCUT2D eigenvalue weighted by molar-refractivity contribution is 0.0674. The molecule has 0 spiro atoms. The van der Waals surface area contributed by atoms with Crippen molar-refractivity contribution in [1.82, 2.24) is 9.88 Å². The topological polar surface area (TPSA) is 70.5 Å². The number of nitrogens with zero attached hydrogens (tertiary/aromatic N) is 2. The van der Waals surface area contributed by atoms with Gasteiger partial charge in [0.15, 0.2) is 0 Å². The minimum absolute atomic E-state index is 0.00570. The molecule has 1 aromatic rings. The molecule has 2 aliphatic rings. The molecule has 2 heterocycles. The van der Waals surface area contributed by atoms with Crippen LogP contribution in [0.3, 0.4) is 0 Å². The average molecular weight is 288 g/mol. The number of amides is 1. The molecular weight excluding hydrogens is 268 g/mol. The number of hydrogen-bond acceptors (Lipinski definition) is 3. The molecule has 2 fully saturated rings. The SMILES string of the molecule is O=C(O)c1ccc(C(=O)N2CCC[C@H]2C2CCCC2)cn1. The van der Waals surface area contributed by atoms with Crippen molar-refractivity contribution in [3.05, 3.63) is 29.6 Å². The highest BCUT2D eigenvalue weighted by molar-refractivity contribution is 5.95. The van der Waals surface area contributed by atoms with Crippen LogP contribution in [0.15, 0.2) is 18.3 Å². The van der Waals surface area contributed by atoms with Crippen LogP contribution in [0, 0.1) is 5.92 Å². The van der Waals surface area contributed by atoms with Crippen molar-refractivity contribution in [3.63, 3.8) is 0 Å². The minimum Gasteiger partial charge on any atom is -0.477 e. The van der Waals surface area contributed by atoms with Gasteiger partial charge in [0.2, 0.25) is 0 Å². The zero-order valence-corrected chi connectivity index (χ0v) is 12.0. The van der Waals surface area contributed by atoms with Crippen molar-refractivity contribution < 1.29 is 14.7 Å². The van der Waals surface area contributed by atoms with E-state index in [0.29, 0.717) is 17.5 Å². The number of aromatic nitrogens is 1. The number of carbonyl (C=O) groups excluding carboxylic acids is 1. The normalized spacial score (nSPS) is 22.7. The summed E-state index contributed by atoms with van der Waals surface area (Å²) in [5.74, 6) is -0.435. The van der Waals surface area contributed by atoms with Crippen LogP contribution in [-0.4, -0.2) is 39.5 Å². The van der Waals surface area contributed by atoms with Crippen LogP contribution in [0.25, 0.3) is 0 Å². The molecule has 0 aromatic carbocycles. The highest BCUT2D eigenvalue weighted by Crippen LogP contribution is 2.35. The Hall–Kier alpha value is -1.91. The molecule has 1 saturated carbocycles. The van der Waals surface area contributed by atoms with Crippen molar-refractivity contribution in [2.24, 2.45) is 5.92 Å². The molecule has 1 atom stereocenters. The molecule has 1 aromatic heterocycles. The maximum Gasteiger partial charge on any atom is 0.354 e. The third-order valence-electron chi connectivity index (χ3n) is 4.73. The van der Waals surface area contributed by atoms with E-state index < -0.39 is 5.97 Å². The van der Waals surface area contributed by atoms with Crippen LogP contribution in [0.1, 0.15) is 59.4 Å². The fraction of sp³-hybridized carbons (Fsp3) is 0.562. The molecular formula is C16H20N2O3. The maximum atomic E-state index is 12.6. The third-order valence-corrected chi connectivity index (χ3v) is 4.73. The van der Waals surface area contributed by atoms with Gasteiger partial charge in [0.25, 0.3) is 5.91 Å². The molecule has 112 valence electrons. The first-order chi connectivity index (χ1) is 10.2. The molecule has 5 heteroatoms. The number of rotatable bonds is 3. The zero-order valence-electron chi connectivity index (χ0n) is 12.0. The third kappa shape index (κ3) is 2.77. The van der Waals surface area contributed by atoms with Gasteiger partial charge in [0.05, 0.1) is 5.56 Å². The van der Waals surface area contributed by atoms with E-state index in [-0.39, 0.29) is 11.6 Å². The Balaban J connectivity index is 1.75. The summed E-state index contributed by atoms with van der Waals surface area (Å²) in [5, 5.41) is 8.85. The lowest BCUT2D eigenvalue weighted by atomic mass is 9.95. The van der Waals surface area contributed by atoms with Gasteiger partial charge in [-0.15, -0.1) is 0 Å². The monoisotopic (exact) mass is 288 g/mol.